The molecule has 0 spiro atoms. The van der Waals surface area contributed by atoms with E-state index in [1.165, 1.54) is 12.1 Å². The van der Waals surface area contributed by atoms with Gasteiger partial charge in [0.05, 0.1) is 18.1 Å². The second kappa shape index (κ2) is 10.4. The minimum atomic E-state index is -3.37. The maximum absolute atomic E-state index is 14.0. The zero-order chi connectivity index (χ0) is 23.3. The first-order chi connectivity index (χ1) is 15.1. The van der Waals surface area contributed by atoms with Crippen molar-refractivity contribution in [3.8, 4) is 5.75 Å². The predicted octanol–water partition coefficient (Wildman–Crippen LogP) is 2.68. The Balaban J connectivity index is 1.43. The Hall–Kier alpha value is -2.49. The molecule has 1 aliphatic carbocycles. The zero-order valence-electron chi connectivity index (χ0n) is 18.1. The lowest BCUT2D eigenvalue weighted by Crippen LogP contribution is -2.55. The van der Waals surface area contributed by atoms with Crippen molar-refractivity contribution < 1.29 is 31.9 Å². The monoisotopic (exact) mass is 468 g/mol. The molecular weight excluding hydrogens is 439 g/mol. The van der Waals surface area contributed by atoms with Crippen LogP contribution in [0.25, 0.3) is 0 Å². The van der Waals surface area contributed by atoms with Crippen molar-refractivity contribution in [1.82, 2.24) is 10.6 Å². The molecule has 2 aliphatic rings. The molecule has 8 nitrogen and oxygen atoms in total. The molecule has 10 heteroatoms. The highest BCUT2D eigenvalue weighted by atomic mass is 32.2. The van der Waals surface area contributed by atoms with Gasteiger partial charge in [-0.2, -0.15) is 0 Å². The summed E-state index contributed by atoms with van der Waals surface area (Å²) < 4.78 is 44.6. The lowest BCUT2D eigenvalue weighted by Gasteiger charge is -2.20. The number of benzene rings is 1. The van der Waals surface area contributed by atoms with Crippen LogP contribution in [0.15, 0.2) is 18.2 Å². The van der Waals surface area contributed by atoms with Gasteiger partial charge in [0.25, 0.3) is 0 Å². The standard InChI is InChI=1S/C22H29FN2O6S/c1-14(16-9-17(23)11-18(10-16)31-12-15-6-7-15)13-32(29,30)8-4-2-3-5-19-20(26)24-22(28)25-21(19)27/h9-11,14-15,19H,2-8,12-13H2,1H3,(H2,24,25,26,27,28)/t14-/m0/s1. The minimum Gasteiger partial charge on any atom is -0.493 e. The van der Waals surface area contributed by atoms with Crippen LogP contribution in [0.2, 0.25) is 0 Å². The SMILES string of the molecule is C[C@@H](CS(=O)(=O)CCCCCC1C(=O)NC(=O)NC1=O)c1cc(F)cc(OCC2CC2)c1. The van der Waals surface area contributed by atoms with Crippen molar-refractivity contribution in [2.75, 3.05) is 18.1 Å². The van der Waals surface area contributed by atoms with E-state index >= 15 is 0 Å². The number of barbiturate groups is 1. The Morgan fingerprint density at radius 1 is 1.06 bits per heavy atom. The first-order valence-electron chi connectivity index (χ1n) is 10.9. The number of halogens is 1. The van der Waals surface area contributed by atoms with Crippen LogP contribution in [0.4, 0.5) is 9.18 Å². The summed E-state index contributed by atoms with van der Waals surface area (Å²) in [4.78, 5) is 34.4. The molecule has 32 heavy (non-hydrogen) atoms. The van der Waals surface area contributed by atoms with Crippen LogP contribution in [-0.2, 0) is 19.4 Å². The molecule has 0 radical (unpaired) electrons. The summed E-state index contributed by atoms with van der Waals surface area (Å²) in [6, 6.07) is 3.54. The van der Waals surface area contributed by atoms with Crippen molar-refractivity contribution >= 4 is 27.7 Å². The normalized spacial score (nSPS) is 18.2. The summed E-state index contributed by atoms with van der Waals surface area (Å²) in [7, 11) is -3.37. The molecular formula is C22H29FN2O6S. The number of hydrogen-bond acceptors (Lipinski definition) is 6. The third kappa shape index (κ3) is 7.29. The highest BCUT2D eigenvalue weighted by Crippen LogP contribution is 2.31. The Bertz CT molecular complexity index is 957. The summed E-state index contributed by atoms with van der Waals surface area (Å²) in [5.74, 6) is -2.20. The summed E-state index contributed by atoms with van der Waals surface area (Å²) in [6.45, 7) is 2.30. The fraction of sp³-hybridized carbons (Fsp3) is 0.591. The number of ether oxygens (including phenoxy) is 1. The van der Waals surface area contributed by atoms with Crippen LogP contribution in [0, 0.1) is 17.7 Å². The molecule has 0 bridgehead atoms. The lowest BCUT2D eigenvalue weighted by atomic mass is 9.98. The van der Waals surface area contributed by atoms with E-state index in [-0.39, 0.29) is 23.8 Å². The second-order valence-electron chi connectivity index (χ2n) is 8.70. The van der Waals surface area contributed by atoms with E-state index in [1.54, 1.807) is 13.0 Å². The van der Waals surface area contributed by atoms with Crippen LogP contribution in [0.1, 0.15) is 56.9 Å². The summed E-state index contributed by atoms with van der Waals surface area (Å²) in [5.41, 5.74) is 0.586. The van der Waals surface area contributed by atoms with E-state index in [9.17, 15) is 27.2 Å². The Morgan fingerprint density at radius 3 is 2.41 bits per heavy atom. The molecule has 3 rings (SSSR count). The van der Waals surface area contributed by atoms with E-state index in [4.69, 9.17) is 4.74 Å². The Morgan fingerprint density at radius 2 is 1.75 bits per heavy atom. The van der Waals surface area contributed by atoms with Gasteiger partial charge < -0.3 is 4.74 Å². The first kappa shape index (κ1) is 24.2. The number of carbonyl (C=O) groups is 3. The van der Waals surface area contributed by atoms with Crippen molar-refractivity contribution in [2.45, 2.75) is 51.4 Å². The zero-order valence-corrected chi connectivity index (χ0v) is 18.9. The van der Waals surface area contributed by atoms with Gasteiger partial charge in [0.2, 0.25) is 11.8 Å². The van der Waals surface area contributed by atoms with E-state index in [0.717, 1.165) is 12.8 Å². The number of imide groups is 2. The second-order valence-corrected chi connectivity index (χ2v) is 10.9. The predicted molar refractivity (Wildman–Crippen MR) is 115 cm³/mol. The van der Waals surface area contributed by atoms with Crippen molar-refractivity contribution in [3.63, 3.8) is 0 Å². The van der Waals surface area contributed by atoms with Gasteiger partial charge in [-0.05, 0) is 55.2 Å². The van der Waals surface area contributed by atoms with E-state index in [1.807, 2.05) is 10.6 Å². The number of urea groups is 1. The summed E-state index contributed by atoms with van der Waals surface area (Å²) in [6.07, 6.45) is 3.89. The average Bonchev–Trinajstić information content (AvgIpc) is 3.51. The maximum atomic E-state index is 14.0. The van der Waals surface area contributed by atoms with E-state index in [2.05, 4.69) is 0 Å². The molecule has 4 amide bonds. The number of unbranched alkanes of at least 4 members (excludes halogenated alkanes) is 2. The number of amides is 4. The number of rotatable bonds is 12. The average molecular weight is 469 g/mol. The van der Waals surface area contributed by atoms with Gasteiger partial charge in [-0.3, -0.25) is 20.2 Å². The van der Waals surface area contributed by atoms with E-state index in [0.29, 0.717) is 43.1 Å². The van der Waals surface area contributed by atoms with Crippen molar-refractivity contribution in [3.05, 3.63) is 29.6 Å². The highest BCUT2D eigenvalue weighted by Gasteiger charge is 2.33. The molecule has 1 aliphatic heterocycles. The van der Waals surface area contributed by atoms with Gasteiger partial charge in [0.1, 0.15) is 17.5 Å². The quantitative estimate of drug-likeness (QED) is 0.360. The summed E-state index contributed by atoms with van der Waals surface area (Å²) >= 11 is 0. The Kier molecular flexibility index (Phi) is 7.86. The van der Waals surface area contributed by atoms with Crippen molar-refractivity contribution in [1.29, 1.82) is 0 Å². The number of nitrogens with one attached hydrogen (secondary N) is 2. The fourth-order valence-corrected chi connectivity index (χ4v) is 5.43. The minimum absolute atomic E-state index is 0.0285. The molecule has 1 saturated heterocycles. The molecule has 1 aromatic carbocycles. The summed E-state index contributed by atoms with van der Waals surface area (Å²) in [5, 5.41) is 4.09. The van der Waals surface area contributed by atoms with Crippen LogP contribution in [0.5, 0.6) is 5.75 Å². The molecule has 1 heterocycles. The van der Waals surface area contributed by atoms with Gasteiger partial charge in [0, 0.05) is 6.07 Å². The fourth-order valence-electron chi connectivity index (χ4n) is 3.67. The van der Waals surface area contributed by atoms with Crippen LogP contribution < -0.4 is 15.4 Å². The van der Waals surface area contributed by atoms with Gasteiger partial charge in [-0.25, -0.2) is 17.6 Å². The maximum Gasteiger partial charge on any atom is 0.328 e. The molecule has 0 aromatic heterocycles. The van der Waals surface area contributed by atoms with Crippen LogP contribution >= 0.6 is 0 Å². The van der Waals surface area contributed by atoms with E-state index < -0.39 is 39.4 Å². The molecule has 0 unspecified atom stereocenters. The largest absolute Gasteiger partial charge is 0.493 e. The number of hydrogen-bond donors (Lipinski definition) is 2. The first-order valence-corrected chi connectivity index (χ1v) is 12.7. The molecule has 2 N–H and O–H groups in total. The molecule has 176 valence electrons. The van der Waals surface area contributed by atoms with Gasteiger partial charge in [0.15, 0.2) is 9.84 Å². The number of sulfone groups is 1. The molecule has 1 atom stereocenters. The van der Waals surface area contributed by atoms with Crippen LogP contribution in [0.3, 0.4) is 0 Å². The molecule has 1 saturated carbocycles. The smallest absolute Gasteiger partial charge is 0.328 e. The lowest BCUT2D eigenvalue weighted by molar-refractivity contribution is -0.136. The highest BCUT2D eigenvalue weighted by molar-refractivity contribution is 7.91. The third-order valence-electron chi connectivity index (χ3n) is 5.70. The van der Waals surface area contributed by atoms with Gasteiger partial charge in [-0.15, -0.1) is 0 Å². The topological polar surface area (TPSA) is 119 Å². The van der Waals surface area contributed by atoms with Gasteiger partial charge in [-0.1, -0.05) is 19.8 Å². The van der Waals surface area contributed by atoms with Crippen molar-refractivity contribution in [2.24, 2.45) is 11.8 Å². The molecule has 1 aromatic rings. The Labute approximate surface area is 187 Å². The number of carbonyl (C=O) groups excluding carboxylic acids is 3. The van der Waals surface area contributed by atoms with Gasteiger partial charge >= 0.3 is 6.03 Å². The molecule has 2 fully saturated rings. The van der Waals surface area contributed by atoms with Crippen LogP contribution in [-0.4, -0.2) is 44.4 Å². The third-order valence-corrected chi connectivity index (χ3v) is 7.62.